The average molecular weight is 915 g/mol. The smallest absolute Gasteiger partial charge is 0.419 e. The van der Waals surface area contributed by atoms with Gasteiger partial charge in [-0.25, -0.2) is 19.4 Å². The Kier molecular flexibility index (Phi) is 17.7. The number of para-hydroxylation sites is 1. The highest BCUT2D eigenvalue weighted by atomic mass is 16.6. The number of amides is 5. The quantitative estimate of drug-likeness (QED) is 0.0689. The number of hydrogen-bond donors (Lipinski definition) is 5. The maximum atomic E-state index is 14.7. The molecule has 0 unspecified atom stereocenters. The van der Waals surface area contributed by atoms with Crippen LogP contribution in [0.4, 0.5) is 9.59 Å². The molecule has 0 bridgehead atoms. The van der Waals surface area contributed by atoms with Gasteiger partial charge >= 0.3 is 18.2 Å². The maximum Gasteiger partial charge on any atom is 0.419 e. The lowest BCUT2D eigenvalue weighted by Crippen LogP contribution is -2.61. The molecule has 18 heteroatoms. The molecule has 0 saturated heterocycles. The first kappa shape index (κ1) is 51.9. The third kappa shape index (κ3) is 14.9. The van der Waals surface area contributed by atoms with E-state index in [0.29, 0.717) is 22.2 Å². The lowest BCUT2D eigenvalue weighted by atomic mass is 9.98. The molecule has 2 heterocycles. The maximum absolute atomic E-state index is 14.7. The lowest BCUT2D eigenvalue weighted by molar-refractivity contribution is -0.145. The SMILES string of the molecule is COC(=O)[C@H](Cc1ccccc1)NC(=O)[C@H](NC(=O)[C@H](NC(=O)[C@H](Cc1cn(C(=O)OC(C)(C)C)c2ccccc12)NC(=O)[C@H](Cc1cncn1C)NC(=O)OC(C)(C)C)C(C)C)C(C)C. The number of fused-ring (bicyclic) bond motifs is 1. The van der Waals surface area contributed by atoms with Crippen LogP contribution in [-0.2, 0) is 64.5 Å². The van der Waals surface area contributed by atoms with Crippen molar-refractivity contribution < 1.29 is 47.8 Å². The van der Waals surface area contributed by atoms with E-state index in [1.807, 2.05) is 30.3 Å². The van der Waals surface area contributed by atoms with Gasteiger partial charge in [0.1, 0.15) is 41.4 Å². The number of benzene rings is 2. The van der Waals surface area contributed by atoms with E-state index >= 15 is 0 Å². The molecule has 5 N–H and O–H groups in total. The van der Waals surface area contributed by atoms with E-state index in [4.69, 9.17) is 14.2 Å². The van der Waals surface area contributed by atoms with E-state index in [0.717, 1.165) is 5.56 Å². The number of ether oxygens (including phenoxy) is 3. The predicted molar refractivity (Wildman–Crippen MR) is 247 cm³/mol. The van der Waals surface area contributed by atoms with Crippen LogP contribution in [0.5, 0.6) is 0 Å². The summed E-state index contributed by atoms with van der Waals surface area (Å²) in [7, 11) is 2.95. The highest BCUT2D eigenvalue weighted by molar-refractivity contribution is 5.97. The Bertz CT molecular complexity index is 2340. The van der Waals surface area contributed by atoms with Crippen LogP contribution in [0.3, 0.4) is 0 Å². The molecule has 66 heavy (non-hydrogen) atoms. The van der Waals surface area contributed by atoms with E-state index < -0.39 is 95.0 Å². The summed E-state index contributed by atoms with van der Waals surface area (Å²) in [5, 5.41) is 14.3. The zero-order valence-electron chi connectivity index (χ0n) is 40.0. The number of nitrogens with one attached hydrogen (secondary N) is 5. The van der Waals surface area contributed by atoms with E-state index in [-0.39, 0.29) is 19.3 Å². The van der Waals surface area contributed by atoms with Crippen molar-refractivity contribution >= 4 is 52.7 Å². The van der Waals surface area contributed by atoms with Crippen LogP contribution in [-0.4, -0.2) is 104 Å². The van der Waals surface area contributed by atoms with Crippen molar-refractivity contribution in [3.63, 3.8) is 0 Å². The standard InChI is InChI=1S/C48H66N8O10/c1-28(2)38(42(59)51-36(44(61)64-12)22-30-18-14-13-15-19-30)54-43(60)39(29(3)4)53-41(58)34(23-31-26-56(46(63)66-48(8,9)10)37-21-17-16-20-33(31)37)50-40(57)35(24-32-25-49-27-55(32)11)52-45(62)65-47(5,6)7/h13-21,25-29,34-36,38-39H,22-24H2,1-12H3,(H,50,57)(H,51,59)(H,52,62)(H,53,58)(H,54,60)/t34-,35-,36-,38+,39+/m0/s1. The fourth-order valence-corrected chi connectivity index (χ4v) is 7.04. The third-order valence-corrected chi connectivity index (χ3v) is 10.4. The zero-order chi connectivity index (χ0) is 49.1. The summed E-state index contributed by atoms with van der Waals surface area (Å²) in [6.07, 6.45) is 3.02. The van der Waals surface area contributed by atoms with Gasteiger partial charge < -0.3 is 45.4 Å². The second-order valence-electron chi connectivity index (χ2n) is 18.9. The molecule has 0 saturated carbocycles. The molecular formula is C48H66N8O10. The fourth-order valence-electron chi connectivity index (χ4n) is 7.04. The van der Waals surface area contributed by atoms with Crippen molar-refractivity contribution in [1.82, 2.24) is 40.7 Å². The Balaban J connectivity index is 1.69. The first-order chi connectivity index (χ1) is 30.9. The minimum absolute atomic E-state index is 0.0360. The average Bonchev–Trinajstić information content (AvgIpc) is 3.81. The first-order valence-electron chi connectivity index (χ1n) is 22.0. The summed E-state index contributed by atoms with van der Waals surface area (Å²) in [6.45, 7) is 17.1. The Morgan fingerprint density at radius 1 is 0.636 bits per heavy atom. The Morgan fingerprint density at radius 3 is 1.73 bits per heavy atom. The normalized spacial score (nSPS) is 14.0. The van der Waals surface area contributed by atoms with Gasteiger partial charge in [-0.1, -0.05) is 76.2 Å². The molecule has 358 valence electrons. The molecule has 4 rings (SSSR count). The predicted octanol–water partition coefficient (Wildman–Crippen LogP) is 4.50. The van der Waals surface area contributed by atoms with Crippen LogP contribution in [0.25, 0.3) is 10.9 Å². The van der Waals surface area contributed by atoms with Crippen LogP contribution < -0.4 is 26.6 Å². The second-order valence-corrected chi connectivity index (χ2v) is 18.9. The number of carbonyl (C=O) groups excluding carboxylic acids is 7. The van der Waals surface area contributed by atoms with Gasteiger partial charge in [0.15, 0.2) is 0 Å². The molecule has 0 radical (unpaired) electrons. The van der Waals surface area contributed by atoms with Gasteiger partial charge in [0.2, 0.25) is 23.6 Å². The summed E-state index contributed by atoms with van der Waals surface area (Å²) >= 11 is 0. The number of aromatic nitrogens is 3. The van der Waals surface area contributed by atoms with Gasteiger partial charge in [0, 0.05) is 49.8 Å². The summed E-state index contributed by atoms with van der Waals surface area (Å²) in [5.41, 5.74) is 0.624. The molecule has 5 atom stereocenters. The number of carbonyl (C=O) groups is 7. The van der Waals surface area contributed by atoms with Crippen molar-refractivity contribution in [1.29, 1.82) is 0 Å². The van der Waals surface area contributed by atoms with Gasteiger partial charge in [-0.15, -0.1) is 0 Å². The van der Waals surface area contributed by atoms with Gasteiger partial charge in [0.05, 0.1) is 19.0 Å². The minimum Gasteiger partial charge on any atom is -0.467 e. The Labute approximate surface area is 386 Å². The largest absolute Gasteiger partial charge is 0.467 e. The number of aryl methyl sites for hydroxylation is 1. The highest BCUT2D eigenvalue weighted by Crippen LogP contribution is 2.25. The van der Waals surface area contributed by atoms with E-state index in [9.17, 15) is 33.6 Å². The number of hydrogen-bond acceptors (Lipinski definition) is 11. The zero-order valence-corrected chi connectivity index (χ0v) is 40.0. The molecule has 0 fully saturated rings. The molecule has 2 aromatic carbocycles. The Morgan fingerprint density at radius 2 is 1.17 bits per heavy atom. The molecule has 0 aliphatic rings. The van der Waals surface area contributed by atoms with Gasteiger partial charge in [-0.05, 0) is 70.6 Å². The van der Waals surface area contributed by atoms with Gasteiger partial charge in [-0.3, -0.25) is 23.7 Å². The van der Waals surface area contributed by atoms with Crippen LogP contribution >= 0.6 is 0 Å². The molecule has 4 aromatic rings. The van der Waals surface area contributed by atoms with E-state index in [1.165, 1.54) is 17.9 Å². The van der Waals surface area contributed by atoms with Crippen molar-refractivity contribution in [3.05, 3.63) is 90.1 Å². The summed E-state index contributed by atoms with van der Waals surface area (Å²) in [6, 6.07) is 9.98. The fraction of sp³-hybridized carbons (Fsp3) is 0.500. The number of imidazole rings is 1. The van der Waals surface area contributed by atoms with Crippen LogP contribution in [0.15, 0.2) is 73.3 Å². The highest BCUT2D eigenvalue weighted by Gasteiger charge is 2.36. The van der Waals surface area contributed by atoms with Crippen molar-refractivity contribution in [2.24, 2.45) is 18.9 Å². The summed E-state index contributed by atoms with van der Waals surface area (Å²) in [5.74, 6) is -4.53. The second kappa shape index (κ2) is 22.5. The summed E-state index contributed by atoms with van der Waals surface area (Å²) in [4.78, 5) is 101. The monoisotopic (exact) mass is 914 g/mol. The number of alkyl carbamates (subject to hydrolysis) is 1. The van der Waals surface area contributed by atoms with Crippen LogP contribution in [0.1, 0.15) is 86.1 Å². The topological polar surface area (TPSA) is 230 Å². The molecular weight excluding hydrogens is 849 g/mol. The van der Waals surface area contributed by atoms with Crippen molar-refractivity contribution in [3.8, 4) is 0 Å². The molecule has 18 nitrogen and oxygen atoms in total. The number of nitrogens with zero attached hydrogens (tertiary/aromatic N) is 3. The molecule has 5 amide bonds. The molecule has 0 spiro atoms. The Hall–Kier alpha value is -6.72. The van der Waals surface area contributed by atoms with Crippen LogP contribution in [0.2, 0.25) is 0 Å². The molecule has 2 aromatic heterocycles. The van der Waals surface area contributed by atoms with Crippen molar-refractivity contribution in [2.45, 2.75) is 130 Å². The number of methoxy groups -OCH3 is 1. The molecule has 0 aliphatic carbocycles. The molecule has 0 aliphatic heterocycles. The van der Waals surface area contributed by atoms with E-state index in [1.54, 1.807) is 118 Å². The van der Waals surface area contributed by atoms with Gasteiger partial charge in [0.25, 0.3) is 0 Å². The van der Waals surface area contributed by atoms with Gasteiger partial charge in [-0.2, -0.15) is 0 Å². The lowest BCUT2D eigenvalue weighted by Gasteiger charge is -2.30. The number of rotatable bonds is 18. The van der Waals surface area contributed by atoms with E-state index in [2.05, 4.69) is 31.6 Å². The summed E-state index contributed by atoms with van der Waals surface area (Å²) < 4.78 is 19.2. The first-order valence-corrected chi connectivity index (χ1v) is 22.0. The van der Waals surface area contributed by atoms with Crippen LogP contribution in [0, 0.1) is 11.8 Å². The number of esters is 1. The van der Waals surface area contributed by atoms with Crippen molar-refractivity contribution in [2.75, 3.05) is 7.11 Å². The minimum atomic E-state index is -1.40. The third-order valence-electron chi connectivity index (χ3n) is 10.4.